The first-order chi connectivity index (χ1) is 19.7. The Morgan fingerprint density at radius 3 is 2.73 bits per heavy atom. The monoisotopic (exact) mass is 649 g/mol. The smallest absolute Gasteiger partial charge is 0.306 e. The average Bonchev–Trinajstić information content (AvgIpc) is 3.63. The Labute approximate surface area is 259 Å². The second-order valence-electron chi connectivity index (χ2n) is 11.5. The standard InChI is InChI=1S/C34H36BrNO3S2/c1-33(2,38)27-10-5-4-8-24(27)12-15-29(41-22-34(17-18-34)20-31(37)39-3)25-9-6-7-23(19-25)11-13-26-14-16-30-32(36-26)28(35)21-40-30/h4-11,13-14,16,19,21,29,38H,12,15,17-18,20,22H2,1-3H3. The fourth-order valence-electron chi connectivity index (χ4n) is 5.21. The third-order valence-electron chi connectivity index (χ3n) is 7.77. The van der Waals surface area contributed by atoms with Crippen LogP contribution in [-0.2, 0) is 21.6 Å². The summed E-state index contributed by atoms with van der Waals surface area (Å²) in [5.41, 5.74) is 5.65. The average molecular weight is 651 g/mol. The van der Waals surface area contributed by atoms with Crippen molar-refractivity contribution in [2.75, 3.05) is 12.9 Å². The second kappa shape index (κ2) is 12.8. The van der Waals surface area contributed by atoms with Gasteiger partial charge in [-0.15, -0.1) is 11.3 Å². The van der Waals surface area contributed by atoms with Gasteiger partial charge in [0, 0.05) is 16.4 Å². The van der Waals surface area contributed by atoms with Crippen LogP contribution in [0, 0.1) is 5.41 Å². The minimum atomic E-state index is -0.891. The van der Waals surface area contributed by atoms with Gasteiger partial charge in [-0.3, -0.25) is 4.79 Å². The van der Waals surface area contributed by atoms with Crippen molar-refractivity contribution in [2.24, 2.45) is 5.41 Å². The third-order valence-corrected chi connectivity index (χ3v) is 11.3. The molecule has 0 spiro atoms. The second-order valence-corrected chi connectivity index (χ2v) is 14.4. The molecule has 0 bridgehead atoms. The predicted molar refractivity (Wildman–Crippen MR) is 176 cm³/mol. The molecule has 5 rings (SSSR count). The van der Waals surface area contributed by atoms with Gasteiger partial charge in [-0.05, 0) is 101 Å². The van der Waals surface area contributed by atoms with Crippen molar-refractivity contribution in [1.29, 1.82) is 0 Å². The molecule has 2 heterocycles. The molecule has 0 saturated heterocycles. The fourth-order valence-corrected chi connectivity index (χ4v) is 8.25. The number of thiophene rings is 1. The Morgan fingerprint density at radius 1 is 1.17 bits per heavy atom. The summed E-state index contributed by atoms with van der Waals surface area (Å²) in [6.45, 7) is 3.70. The van der Waals surface area contributed by atoms with Crippen molar-refractivity contribution in [3.05, 3.63) is 98.5 Å². The third kappa shape index (κ3) is 7.69. The predicted octanol–water partition coefficient (Wildman–Crippen LogP) is 9.21. The topological polar surface area (TPSA) is 59.4 Å². The van der Waals surface area contributed by atoms with Crippen molar-refractivity contribution in [2.45, 2.75) is 56.8 Å². The van der Waals surface area contributed by atoms with E-state index in [1.165, 1.54) is 22.9 Å². The maximum Gasteiger partial charge on any atom is 0.306 e. The zero-order chi connectivity index (χ0) is 29.0. The van der Waals surface area contributed by atoms with Gasteiger partial charge in [0.1, 0.15) is 0 Å². The van der Waals surface area contributed by atoms with Gasteiger partial charge in [0.15, 0.2) is 0 Å². The van der Waals surface area contributed by atoms with Crippen molar-refractivity contribution in [1.82, 2.24) is 4.98 Å². The van der Waals surface area contributed by atoms with Gasteiger partial charge < -0.3 is 9.84 Å². The van der Waals surface area contributed by atoms with Crippen LogP contribution in [-0.4, -0.2) is 28.9 Å². The molecule has 0 radical (unpaired) electrons. The van der Waals surface area contributed by atoms with Gasteiger partial charge in [0.2, 0.25) is 0 Å². The number of aromatic nitrogens is 1. The van der Waals surface area contributed by atoms with Gasteiger partial charge in [-0.2, -0.15) is 11.8 Å². The van der Waals surface area contributed by atoms with Crippen LogP contribution in [0.15, 0.2) is 70.5 Å². The molecule has 0 aliphatic heterocycles. The Hall–Kier alpha value is -2.45. The van der Waals surface area contributed by atoms with E-state index >= 15 is 0 Å². The number of aliphatic hydroxyl groups is 1. The van der Waals surface area contributed by atoms with E-state index in [0.29, 0.717) is 6.42 Å². The van der Waals surface area contributed by atoms with E-state index in [9.17, 15) is 9.90 Å². The first-order valence-electron chi connectivity index (χ1n) is 14.0. The fraction of sp³-hybridized carbons (Fsp3) is 0.353. The lowest BCUT2D eigenvalue weighted by Gasteiger charge is -2.24. The molecule has 2 aromatic heterocycles. The quantitative estimate of drug-likeness (QED) is 0.155. The zero-order valence-corrected chi connectivity index (χ0v) is 26.9. The Kier molecular flexibility index (Phi) is 9.39. The highest BCUT2D eigenvalue weighted by Gasteiger charge is 2.45. The van der Waals surface area contributed by atoms with E-state index < -0.39 is 5.60 Å². The molecule has 1 aliphatic rings. The normalized spacial score (nSPS) is 15.3. The van der Waals surface area contributed by atoms with Crippen LogP contribution in [0.4, 0.5) is 0 Å². The van der Waals surface area contributed by atoms with Crippen LogP contribution in [0.5, 0.6) is 0 Å². The lowest BCUT2D eigenvalue weighted by molar-refractivity contribution is -0.141. The summed E-state index contributed by atoms with van der Waals surface area (Å²) in [6, 6.07) is 21.1. The van der Waals surface area contributed by atoms with Gasteiger partial charge in [0.25, 0.3) is 0 Å². The van der Waals surface area contributed by atoms with E-state index in [1.807, 2.05) is 43.8 Å². The highest BCUT2D eigenvalue weighted by molar-refractivity contribution is 9.10. The summed E-state index contributed by atoms with van der Waals surface area (Å²) in [5.74, 6) is 0.812. The lowest BCUT2D eigenvalue weighted by atomic mass is 9.90. The zero-order valence-electron chi connectivity index (χ0n) is 23.7. The molecule has 1 unspecified atom stereocenters. The molecule has 214 valence electrons. The molecule has 41 heavy (non-hydrogen) atoms. The van der Waals surface area contributed by atoms with Gasteiger partial charge >= 0.3 is 5.97 Å². The highest BCUT2D eigenvalue weighted by Crippen LogP contribution is 2.53. The van der Waals surface area contributed by atoms with Crippen molar-refractivity contribution >= 4 is 67.4 Å². The summed E-state index contributed by atoms with van der Waals surface area (Å²) in [6.07, 6.45) is 8.63. The minimum absolute atomic E-state index is 0.0543. The molecule has 2 aromatic carbocycles. The Morgan fingerprint density at radius 2 is 1.98 bits per heavy atom. The number of carbonyl (C=O) groups excluding carboxylic acids is 1. The Bertz CT molecular complexity index is 1550. The largest absolute Gasteiger partial charge is 0.469 e. The molecule has 1 N–H and O–H groups in total. The molecule has 1 fully saturated rings. The number of rotatable bonds is 12. The number of nitrogens with zero attached hydrogens (tertiary/aromatic N) is 1. The van der Waals surface area contributed by atoms with Crippen LogP contribution in [0.1, 0.15) is 72.7 Å². The van der Waals surface area contributed by atoms with Crippen LogP contribution < -0.4 is 0 Å². The van der Waals surface area contributed by atoms with Crippen LogP contribution in [0.2, 0.25) is 0 Å². The number of pyridine rings is 1. The number of ether oxygens (including phenoxy) is 1. The SMILES string of the molecule is COC(=O)CC1(CSC(CCc2ccccc2C(C)(C)O)c2cccc(C=Cc3ccc4scc(Br)c4n3)c2)CC1. The maximum atomic E-state index is 12.1. The van der Waals surface area contributed by atoms with Crippen molar-refractivity contribution in [3.8, 4) is 0 Å². The molecule has 1 saturated carbocycles. The number of esters is 1. The number of benzene rings is 2. The Balaban J connectivity index is 1.37. The van der Waals surface area contributed by atoms with E-state index in [2.05, 4.69) is 75.9 Å². The molecule has 0 amide bonds. The number of aryl methyl sites for hydroxylation is 1. The van der Waals surface area contributed by atoms with E-state index in [-0.39, 0.29) is 16.6 Å². The summed E-state index contributed by atoms with van der Waals surface area (Å²) in [7, 11) is 1.47. The van der Waals surface area contributed by atoms with E-state index in [0.717, 1.165) is 58.2 Å². The van der Waals surface area contributed by atoms with Crippen molar-refractivity contribution in [3.63, 3.8) is 0 Å². The van der Waals surface area contributed by atoms with Gasteiger partial charge in [0.05, 0.1) is 39.5 Å². The highest BCUT2D eigenvalue weighted by atomic mass is 79.9. The van der Waals surface area contributed by atoms with Crippen LogP contribution in [0.25, 0.3) is 22.4 Å². The van der Waals surface area contributed by atoms with Gasteiger partial charge in [-0.1, -0.05) is 54.6 Å². The summed E-state index contributed by atoms with van der Waals surface area (Å²) in [4.78, 5) is 16.9. The van der Waals surface area contributed by atoms with Crippen LogP contribution >= 0.6 is 39.0 Å². The molecular weight excluding hydrogens is 614 g/mol. The first kappa shape index (κ1) is 30.0. The summed E-state index contributed by atoms with van der Waals surface area (Å²) < 4.78 is 7.18. The van der Waals surface area contributed by atoms with E-state index in [1.54, 1.807) is 11.3 Å². The molecule has 4 aromatic rings. The number of carbonyl (C=O) groups is 1. The molecular formula is C34H36BrNO3S2. The molecule has 7 heteroatoms. The number of hydrogen-bond acceptors (Lipinski definition) is 6. The lowest BCUT2D eigenvalue weighted by Crippen LogP contribution is -2.18. The van der Waals surface area contributed by atoms with Gasteiger partial charge in [-0.25, -0.2) is 4.98 Å². The summed E-state index contributed by atoms with van der Waals surface area (Å²) in [5, 5.41) is 13.1. The summed E-state index contributed by atoms with van der Waals surface area (Å²) >= 11 is 7.23. The number of halogens is 1. The van der Waals surface area contributed by atoms with Crippen LogP contribution in [0.3, 0.4) is 0 Å². The maximum absolute atomic E-state index is 12.1. The number of methoxy groups -OCH3 is 1. The van der Waals surface area contributed by atoms with Crippen molar-refractivity contribution < 1.29 is 14.6 Å². The molecule has 1 atom stereocenters. The number of hydrogen-bond donors (Lipinski definition) is 1. The number of fused-ring (bicyclic) bond motifs is 1. The first-order valence-corrected chi connectivity index (χ1v) is 16.7. The minimum Gasteiger partial charge on any atom is -0.469 e. The molecule has 4 nitrogen and oxygen atoms in total. The van der Waals surface area contributed by atoms with E-state index in [4.69, 9.17) is 9.72 Å². The molecule has 1 aliphatic carbocycles. The number of thioether (sulfide) groups is 1.